The predicted octanol–water partition coefficient (Wildman–Crippen LogP) is 4.33. The van der Waals surface area contributed by atoms with Crippen LogP contribution in [-0.2, 0) is 0 Å². The molecule has 0 atom stereocenters. The third-order valence-corrected chi connectivity index (χ3v) is 3.21. The molecule has 0 aliphatic rings. The van der Waals surface area contributed by atoms with Gasteiger partial charge in [0.25, 0.3) is 0 Å². The van der Waals surface area contributed by atoms with Gasteiger partial charge in [-0.3, -0.25) is 4.98 Å². The van der Waals surface area contributed by atoms with E-state index in [0.29, 0.717) is 0 Å². The lowest BCUT2D eigenvalue weighted by molar-refractivity contribution is 1.20. The average molecular weight is 248 g/mol. The topological polar surface area (TPSA) is 24.9 Å². The smallest absolute Gasteiger partial charge is 0.0781 e. The third-order valence-electron chi connectivity index (χ3n) is 3.21. The Morgan fingerprint density at radius 2 is 1.58 bits per heavy atom. The Morgan fingerprint density at radius 3 is 2.32 bits per heavy atom. The van der Waals surface area contributed by atoms with Gasteiger partial charge >= 0.3 is 0 Å². The van der Waals surface area contributed by atoms with Gasteiger partial charge in [-0.1, -0.05) is 54.6 Å². The minimum atomic E-state index is 0.899. The van der Waals surface area contributed by atoms with E-state index in [1.54, 1.807) is 0 Å². The molecule has 2 heteroatoms. The Labute approximate surface area is 113 Å². The molecule has 0 aliphatic carbocycles. The summed E-state index contributed by atoms with van der Waals surface area (Å²) in [6.45, 7) is 3.00. The lowest BCUT2D eigenvalue weighted by Crippen LogP contribution is -1.99. The first-order valence-corrected chi connectivity index (χ1v) is 6.57. The van der Waals surface area contributed by atoms with Crippen LogP contribution in [0.4, 0.5) is 5.69 Å². The molecule has 1 heterocycles. The van der Waals surface area contributed by atoms with Crippen molar-refractivity contribution in [3.63, 3.8) is 0 Å². The maximum absolute atomic E-state index is 4.63. The highest BCUT2D eigenvalue weighted by atomic mass is 14.9. The van der Waals surface area contributed by atoms with Crippen LogP contribution >= 0.6 is 0 Å². The summed E-state index contributed by atoms with van der Waals surface area (Å²) in [5.74, 6) is 0. The molecule has 0 fully saturated rings. The van der Waals surface area contributed by atoms with Gasteiger partial charge in [0.15, 0.2) is 0 Å². The van der Waals surface area contributed by atoms with Crippen molar-refractivity contribution in [3.05, 3.63) is 60.8 Å². The van der Waals surface area contributed by atoms with Gasteiger partial charge in [-0.15, -0.1) is 0 Å². The molecule has 3 aromatic rings. The number of pyridine rings is 1. The van der Waals surface area contributed by atoms with Gasteiger partial charge in [0, 0.05) is 22.9 Å². The van der Waals surface area contributed by atoms with Crippen LogP contribution in [0.15, 0.2) is 60.8 Å². The molecule has 0 amide bonds. The van der Waals surface area contributed by atoms with Gasteiger partial charge in [0.05, 0.1) is 17.6 Å². The van der Waals surface area contributed by atoms with E-state index in [4.69, 9.17) is 0 Å². The fourth-order valence-corrected chi connectivity index (χ4v) is 2.35. The number of hydrogen-bond donors (Lipinski definition) is 1. The van der Waals surface area contributed by atoms with Crippen molar-refractivity contribution in [2.24, 2.45) is 0 Å². The molecule has 3 rings (SSSR count). The summed E-state index contributed by atoms with van der Waals surface area (Å²) < 4.78 is 0. The van der Waals surface area contributed by atoms with E-state index < -0.39 is 0 Å². The molecule has 0 spiro atoms. The van der Waals surface area contributed by atoms with Crippen LogP contribution in [0.3, 0.4) is 0 Å². The lowest BCUT2D eigenvalue weighted by atomic mass is 10.0. The fourth-order valence-electron chi connectivity index (χ4n) is 2.35. The predicted molar refractivity (Wildman–Crippen MR) is 81.3 cm³/mol. The molecule has 1 aromatic heterocycles. The minimum absolute atomic E-state index is 0.899. The molecule has 0 aliphatic heterocycles. The highest BCUT2D eigenvalue weighted by Crippen LogP contribution is 2.30. The van der Waals surface area contributed by atoms with Gasteiger partial charge < -0.3 is 5.32 Å². The summed E-state index contributed by atoms with van der Waals surface area (Å²) in [5.41, 5.74) is 3.29. The van der Waals surface area contributed by atoms with Crippen LogP contribution in [0.1, 0.15) is 6.92 Å². The maximum Gasteiger partial charge on any atom is 0.0781 e. The Morgan fingerprint density at radius 1 is 0.895 bits per heavy atom. The number of benzene rings is 2. The molecule has 2 aromatic carbocycles. The first kappa shape index (κ1) is 11.7. The van der Waals surface area contributed by atoms with Crippen LogP contribution in [0.2, 0.25) is 0 Å². The molecular formula is C17H16N2. The molecule has 19 heavy (non-hydrogen) atoms. The number of hydrogen-bond acceptors (Lipinski definition) is 2. The molecule has 0 bridgehead atoms. The first-order valence-electron chi connectivity index (χ1n) is 6.57. The Balaban J connectivity index is 2.25. The first-order chi connectivity index (χ1) is 9.40. The normalized spacial score (nSPS) is 10.6. The van der Waals surface area contributed by atoms with Gasteiger partial charge in [-0.25, -0.2) is 0 Å². The Kier molecular flexibility index (Phi) is 3.15. The van der Waals surface area contributed by atoms with Crippen molar-refractivity contribution < 1.29 is 0 Å². The molecule has 0 unspecified atom stereocenters. The Hall–Kier alpha value is -2.35. The zero-order valence-corrected chi connectivity index (χ0v) is 10.9. The van der Waals surface area contributed by atoms with E-state index in [1.807, 2.05) is 24.4 Å². The number of aromatic nitrogens is 1. The van der Waals surface area contributed by atoms with Crippen molar-refractivity contribution in [1.29, 1.82) is 0 Å². The lowest BCUT2D eigenvalue weighted by Gasteiger charge is -2.11. The number of nitrogens with zero attached hydrogens (tertiary/aromatic N) is 1. The SMILES string of the molecule is CCNc1cnc(-c2ccccc2)c2ccccc12. The minimum Gasteiger partial charge on any atom is -0.384 e. The monoisotopic (exact) mass is 248 g/mol. The van der Waals surface area contributed by atoms with Crippen molar-refractivity contribution in [1.82, 2.24) is 4.98 Å². The van der Waals surface area contributed by atoms with E-state index in [0.717, 1.165) is 23.5 Å². The molecule has 0 saturated carbocycles. The number of anilines is 1. The van der Waals surface area contributed by atoms with Gasteiger partial charge in [0.1, 0.15) is 0 Å². The quantitative estimate of drug-likeness (QED) is 0.746. The van der Waals surface area contributed by atoms with Crippen LogP contribution in [0, 0.1) is 0 Å². The summed E-state index contributed by atoms with van der Waals surface area (Å²) in [7, 11) is 0. The molecule has 94 valence electrons. The summed E-state index contributed by atoms with van der Waals surface area (Å²) >= 11 is 0. The number of nitrogens with one attached hydrogen (secondary N) is 1. The molecule has 2 nitrogen and oxygen atoms in total. The van der Waals surface area contributed by atoms with E-state index in [9.17, 15) is 0 Å². The fraction of sp³-hybridized carbons (Fsp3) is 0.118. The number of fused-ring (bicyclic) bond motifs is 1. The maximum atomic E-state index is 4.63. The van der Waals surface area contributed by atoms with E-state index in [-0.39, 0.29) is 0 Å². The van der Waals surface area contributed by atoms with Gasteiger partial charge in [-0.2, -0.15) is 0 Å². The summed E-state index contributed by atoms with van der Waals surface area (Å²) in [6, 6.07) is 18.7. The molecule has 0 radical (unpaired) electrons. The van der Waals surface area contributed by atoms with E-state index >= 15 is 0 Å². The molecule has 0 saturated heterocycles. The summed E-state index contributed by atoms with van der Waals surface area (Å²) in [5, 5.41) is 5.77. The van der Waals surface area contributed by atoms with Crippen molar-refractivity contribution >= 4 is 16.5 Å². The van der Waals surface area contributed by atoms with Crippen LogP contribution in [-0.4, -0.2) is 11.5 Å². The summed E-state index contributed by atoms with van der Waals surface area (Å²) in [6.07, 6.45) is 1.92. The van der Waals surface area contributed by atoms with Crippen LogP contribution in [0.5, 0.6) is 0 Å². The second-order valence-corrected chi connectivity index (χ2v) is 4.46. The van der Waals surface area contributed by atoms with Crippen molar-refractivity contribution in [2.45, 2.75) is 6.92 Å². The van der Waals surface area contributed by atoms with Crippen molar-refractivity contribution in [2.75, 3.05) is 11.9 Å². The van der Waals surface area contributed by atoms with Gasteiger partial charge in [-0.05, 0) is 6.92 Å². The second kappa shape index (κ2) is 5.11. The second-order valence-electron chi connectivity index (χ2n) is 4.46. The average Bonchev–Trinajstić information content (AvgIpc) is 2.49. The summed E-state index contributed by atoms with van der Waals surface area (Å²) in [4.78, 5) is 4.63. The standard InChI is InChI=1S/C17H16N2/c1-2-18-16-12-19-17(13-8-4-3-5-9-13)15-11-7-6-10-14(15)16/h3-12,18H,2H2,1H3. The molecule has 1 N–H and O–H groups in total. The highest BCUT2D eigenvalue weighted by molar-refractivity contribution is 6.01. The third kappa shape index (κ3) is 2.17. The van der Waals surface area contributed by atoms with Crippen molar-refractivity contribution in [3.8, 4) is 11.3 Å². The molecular weight excluding hydrogens is 232 g/mol. The zero-order chi connectivity index (χ0) is 13.1. The zero-order valence-electron chi connectivity index (χ0n) is 10.9. The van der Waals surface area contributed by atoms with Crippen LogP contribution < -0.4 is 5.32 Å². The van der Waals surface area contributed by atoms with Gasteiger partial charge in [0.2, 0.25) is 0 Å². The van der Waals surface area contributed by atoms with Crippen LogP contribution in [0.25, 0.3) is 22.0 Å². The number of rotatable bonds is 3. The van der Waals surface area contributed by atoms with E-state index in [1.165, 1.54) is 10.8 Å². The van der Waals surface area contributed by atoms with E-state index in [2.05, 4.69) is 53.6 Å². The highest BCUT2D eigenvalue weighted by Gasteiger charge is 2.07. The Bertz CT molecular complexity index is 690. The largest absolute Gasteiger partial charge is 0.384 e.